The Morgan fingerprint density at radius 1 is 0.857 bits per heavy atom. The van der Waals surface area contributed by atoms with Gasteiger partial charge in [0, 0.05) is 6.61 Å². The van der Waals surface area contributed by atoms with Crippen LogP contribution in [0.1, 0.15) is 6.42 Å². The van der Waals surface area contributed by atoms with E-state index >= 15 is 0 Å². The number of rotatable bonds is 12. The molecule has 0 aromatic carbocycles. The van der Waals surface area contributed by atoms with E-state index in [0.29, 0.717) is 6.29 Å². The first-order valence-electron chi connectivity index (χ1n) is 8.52. The van der Waals surface area contributed by atoms with E-state index in [0.717, 1.165) is 0 Å². The van der Waals surface area contributed by atoms with Gasteiger partial charge in [-0.3, -0.25) is 25.5 Å². The average molecular weight is 409 g/mol. The lowest BCUT2D eigenvalue weighted by Crippen LogP contribution is -2.76. The van der Waals surface area contributed by atoms with Crippen LogP contribution in [0.4, 0.5) is 0 Å². The number of carbonyl (C=O) groups excluding carboxylic acids is 1. The van der Waals surface area contributed by atoms with Crippen molar-refractivity contribution < 1.29 is 50.1 Å². The largest absolute Gasteiger partial charge is 0.480 e. The van der Waals surface area contributed by atoms with E-state index in [1.54, 1.807) is 0 Å². The fourth-order valence-electron chi connectivity index (χ4n) is 3.20. The van der Waals surface area contributed by atoms with Crippen molar-refractivity contribution >= 4 is 18.2 Å². The Hall–Kier alpha value is -1.71. The Morgan fingerprint density at radius 2 is 1.29 bits per heavy atom. The van der Waals surface area contributed by atoms with Gasteiger partial charge in [-0.05, 0) is 6.42 Å². The molecule has 0 aliphatic heterocycles. The highest BCUT2D eigenvalue weighted by Gasteiger charge is 2.51. The van der Waals surface area contributed by atoms with Crippen molar-refractivity contribution in [2.75, 3.05) is 26.3 Å². The van der Waals surface area contributed by atoms with Crippen LogP contribution in [-0.2, 0) is 14.4 Å². The number of nitrogens with one attached hydrogen (secondary N) is 3. The summed E-state index contributed by atoms with van der Waals surface area (Å²) in [6.07, 6.45) is -4.80. The van der Waals surface area contributed by atoms with Crippen LogP contribution >= 0.6 is 0 Å². The van der Waals surface area contributed by atoms with Crippen LogP contribution in [-0.4, -0.2) is 122 Å². The fourth-order valence-corrected chi connectivity index (χ4v) is 3.20. The van der Waals surface area contributed by atoms with Gasteiger partial charge in [0.25, 0.3) is 0 Å². The lowest BCUT2D eigenvalue weighted by molar-refractivity contribution is -0.138. The molecule has 0 amide bonds. The standard InChI is InChI=1S/C15H27N3O10/c19-2-1-15(5-20,6-21)18-11-13(27)9(16-3-7(22)23)12(26)10(14(11)28)17-4-8(24)25/h5,9-14,16-19,21,26-28H,1-4,6H2,(H,22,23)(H,24,25). The molecule has 0 saturated heterocycles. The summed E-state index contributed by atoms with van der Waals surface area (Å²) in [5, 5.41) is 75.2. The average Bonchev–Trinajstić information content (AvgIpc) is 2.63. The second kappa shape index (κ2) is 10.7. The van der Waals surface area contributed by atoms with Crippen molar-refractivity contribution in [3.05, 3.63) is 0 Å². The van der Waals surface area contributed by atoms with Crippen LogP contribution < -0.4 is 16.0 Å². The summed E-state index contributed by atoms with van der Waals surface area (Å²) < 4.78 is 0. The Kier molecular flexibility index (Phi) is 9.32. The van der Waals surface area contributed by atoms with Crippen LogP contribution in [0, 0.1) is 0 Å². The topological polar surface area (TPSA) is 229 Å². The van der Waals surface area contributed by atoms with Gasteiger partial charge in [-0.25, -0.2) is 0 Å². The predicted octanol–water partition coefficient (Wildman–Crippen LogP) is -5.56. The fraction of sp³-hybridized carbons (Fsp3) is 0.800. The summed E-state index contributed by atoms with van der Waals surface area (Å²) in [6.45, 7) is -2.59. The van der Waals surface area contributed by atoms with E-state index in [2.05, 4.69) is 16.0 Å². The lowest BCUT2D eigenvalue weighted by Gasteiger charge is -2.48. The number of hydrogen-bond donors (Lipinski definition) is 10. The van der Waals surface area contributed by atoms with E-state index in [-0.39, 0.29) is 6.42 Å². The highest BCUT2D eigenvalue weighted by atomic mass is 16.4. The molecule has 0 aromatic heterocycles. The first kappa shape index (κ1) is 24.3. The summed E-state index contributed by atoms with van der Waals surface area (Å²) in [7, 11) is 0. The first-order chi connectivity index (χ1) is 13.1. The number of hydrogen-bond acceptors (Lipinski definition) is 11. The number of aldehydes is 1. The first-order valence-corrected chi connectivity index (χ1v) is 8.52. The molecule has 13 heteroatoms. The predicted molar refractivity (Wildman–Crippen MR) is 91.4 cm³/mol. The molecule has 1 saturated carbocycles. The van der Waals surface area contributed by atoms with Crippen molar-refractivity contribution in [3.8, 4) is 0 Å². The van der Waals surface area contributed by atoms with Crippen LogP contribution in [0.15, 0.2) is 0 Å². The van der Waals surface area contributed by atoms with E-state index in [1.165, 1.54) is 0 Å². The molecule has 5 unspecified atom stereocenters. The van der Waals surface area contributed by atoms with E-state index in [1.807, 2.05) is 0 Å². The highest BCUT2D eigenvalue weighted by Crippen LogP contribution is 2.24. The summed E-state index contributed by atoms with van der Waals surface area (Å²) in [5.74, 6) is -2.58. The molecule has 5 atom stereocenters. The molecular formula is C15H27N3O10. The third kappa shape index (κ3) is 5.89. The third-order valence-electron chi connectivity index (χ3n) is 4.71. The van der Waals surface area contributed by atoms with Gasteiger partial charge in [0.05, 0.1) is 56.1 Å². The van der Waals surface area contributed by atoms with Gasteiger partial charge in [0.1, 0.15) is 11.8 Å². The van der Waals surface area contributed by atoms with Crippen LogP contribution in [0.5, 0.6) is 0 Å². The number of aliphatic hydroxyl groups excluding tert-OH is 5. The van der Waals surface area contributed by atoms with Crippen molar-refractivity contribution in [2.24, 2.45) is 0 Å². The van der Waals surface area contributed by atoms with Crippen LogP contribution in [0.3, 0.4) is 0 Å². The molecule has 1 aliphatic rings. The monoisotopic (exact) mass is 409 g/mol. The molecule has 0 aromatic rings. The molecule has 0 bridgehead atoms. The number of aliphatic carboxylic acids is 2. The maximum absolute atomic E-state index is 11.5. The number of carbonyl (C=O) groups is 3. The Balaban J connectivity index is 3.17. The van der Waals surface area contributed by atoms with Gasteiger partial charge < -0.3 is 40.5 Å². The second-order valence-corrected chi connectivity index (χ2v) is 6.65. The Labute approximate surface area is 160 Å². The molecule has 1 fully saturated rings. The molecule has 162 valence electrons. The van der Waals surface area contributed by atoms with Gasteiger partial charge in [0.15, 0.2) is 0 Å². The smallest absolute Gasteiger partial charge is 0.317 e. The Morgan fingerprint density at radius 3 is 1.61 bits per heavy atom. The second-order valence-electron chi connectivity index (χ2n) is 6.65. The zero-order chi connectivity index (χ0) is 21.5. The van der Waals surface area contributed by atoms with Crippen molar-refractivity contribution in [2.45, 2.75) is 48.4 Å². The summed E-state index contributed by atoms with van der Waals surface area (Å²) in [5.41, 5.74) is -1.72. The normalized spacial score (nSPS) is 32.5. The van der Waals surface area contributed by atoms with E-state index < -0.39 is 80.2 Å². The van der Waals surface area contributed by atoms with E-state index in [4.69, 9.17) is 15.3 Å². The van der Waals surface area contributed by atoms with Gasteiger partial charge in [-0.2, -0.15) is 0 Å². The van der Waals surface area contributed by atoms with Gasteiger partial charge in [-0.1, -0.05) is 0 Å². The summed E-state index contributed by atoms with van der Waals surface area (Å²) >= 11 is 0. The number of carboxylic acids is 2. The molecule has 13 nitrogen and oxygen atoms in total. The van der Waals surface area contributed by atoms with Crippen LogP contribution in [0.25, 0.3) is 0 Å². The third-order valence-corrected chi connectivity index (χ3v) is 4.71. The molecule has 0 heterocycles. The van der Waals surface area contributed by atoms with Gasteiger partial charge in [-0.15, -0.1) is 0 Å². The van der Waals surface area contributed by atoms with Gasteiger partial charge in [0.2, 0.25) is 0 Å². The molecule has 1 aliphatic carbocycles. The minimum atomic E-state index is -1.72. The Bertz CT molecular complexity index is 518. The quantitative estimate of drug-likeness (QED) is 0.136. The lowest BCUT2D eigenvalue weighted by atomic mass is 9.78. The molecule has 28 heavy (non-hydrogen) atoms. The van der Waals surface area contributed by atoms with E-state index in [9.17, 15) is 34.8 Å². The molecule has 0 radical (unpaired) electrons. The summed E-state index contributed by atoms with van der Waals surface area (Å²) in [6, 6.07) is -4.02. The van der Waals surface area contributed by atoms with Gasteiger partial charge >= 0.3 is 11.9 Å². The maximum atomic E-state index is 11.5. The van der Waals surface area contributed by atoms with Crippen molar-refractivity contribution in [1.82, 2.24) is 16.0 Å². The maximum Gasteiger partial charge on any atom is 0.317 e. The highest BCUT2D eigenvalue weighted by molar-refractivity contribution is 5.69. The minimum absolute atomic E-state index is 0.258. The zero-order valence-electron chi connectivity index (χ0n) is 14.9. The number of carboxylic acid groups (broad SMARTS) is 2. The number of aliphatic hydroxyl groups is 5. The molecule has 0 spiro atoms. The van der Waals surface area contributed by atoms with Crippen molar-refractivity contribution in [3.63, 3.8) is 0 Å². The molecular weight excluding hydrogens is 382 g/mol. The molecule has 10 N–H and O–H groups in total. The van der Waals surface area contributed by atoms with Crippen LogP contribution in [0.2, 0.25) is 0 Å². The summed E-state index contributed by atoms with van der Waals surface area (Å²) in [4.78, 5) is 33.1. The zero-order valence-corrected chi connectivity index (χ0v) is 14.9. The van der Waals surface area contributed by atoms with Crippen molar-refractivity contribution in [1.29, 1.82) is 0 Å². The molecule has 1 rings (SSSR count). The SMILES string of the molecule is O=CC(CO)(CCO)NC1C(O)C(NCC(=O)O)C(O)C(NCC(=O)O)C1O. The minimum Gasteiger partial charge on any atom is -0.480 e.